The third kappa shape index (κ3) is 1.99. The van der Waals surface area contributed by atoms with Gasteiger partial charge in [0.1, 0.15) is 5.78 Å². The van der Waals surface area contributed by atoms with Crippen molar-refractivity contribution in [3.63, 3.8) is 0 Å². The molecule has 0 bridgehead atoms. The van der Waals surface area contributed by atoms with E-state index in [-0.39, 0.29) is 10.8 Å². The van der Waals surface area contributed by atoms with E-state index in [0.717, 1.165) is 0 Å². The number of hydrogen-bond donors (Lipinski definition) is 0. The van der Waals surface area contributed by atoms with Crippen molar-refractivity contribution in [3.8, 4) is 0 Å². The van der Waals surface area contributed by atoms with Crippen molar-refractivity contribution in [2.75, 3.05) is 0 Å². The Hall–Kier alpha value is -1.11. The quantitative estimate of drug-likeness (QED) is 0.594. The Morgan fingerprint density at radius 1 is 0.960 bits per heavy atom. The van der Waals surface area contributed by atoms with Gasteiger partial charge < -0.3 is 0 Å². The Balaban J connectivity index is 1.60. The van der Waals surface area contributed by atoms with Crippen LogP contribution in [-0.2, 0) is 16.6 Å². The first kappa shape index (κ1) is 16.1. The highest BCUT2D eigenvalue weighted by Gasteiger charge is 2.65. The summed E-state index contributed by atoms with van der Waals surface area (Å²) in [7, 11) is 0. The van der Waals surface area contributed by atoms with Crippen LogP contribution in [0, 0.1) is 29.1 Å². The fraction of sp³-hybridized carbons (Fsp3) is 0.708. The van der Waals surface area contributed by atoms with Gasteiger partial charge in [-0.05, 0) is 72.8 Å². The monoisotopic (exact) mass is 336 g/mol. The number of hydrogen-bond acceptors (Lipinski definition) is 1. The second-order valence-corrected chi connectivity index (χ2v) is 9.87. The van der Waals surface area contributed by atoms with Gasteiger partial charge >= 0.3 is 0 Å². The molecule has 4 aliphatic carbocycles. The summed E-state index contributed by atoms with van der Waals surface area (Å²) in [6.07, 6.45) is 11.4. The molecule has 3 fully saturated rings. The number of benzene rings is 1. The zero-order valence-corrected chi connectivity index (χ0v) is 15.9. The molecule has 1 aromatic carbocycles. The van der Waals surface area contributed by atoms with Crippen molar-refractivity contribution in [2.45, 2.75) is 77.0 Å². The summed E-state index contributed by atoms with van der Waals surface area (Å²) < 4.78 is 0. The van der Waals surface area contributed by atoms with Crippen LogP contribution in [0.2, 0.25) is 0 Å². The lowest BCUT2D eigenvalue weighted by molar-refractivity contribution is -0.138. The number of Topliss-reactive ketones (excluding diaryl/α,β-unsaturated/α-hetero) is 1. The van der Waals surface area contributed by atoms with Crippen molar-refractivity contribution >= 4 is 5.78 Å². The lowest BCUT2D eigenvalue weighted by atomic mass is 9.46. The van der Waals surface area contributed by atoms with E-state index >= 15 is 0 Å². The molecule has 0 spiro atoms. The Bertz CT molecular complexity index is 706. The van der Waals surface area contributed by atoms with Gasteiger partial charge in [-0.3, -0.25) is 4.79 Å². The highest BCUT2D eigenvalue weighted by molar-refractivity contribution is 5.90. The minimum absolute atomic E-state index is 0.0623. The molecule has 0 radical (unpaired) electrons. The molecule has 0 unspecified atom stereocenters. The van der Waals surface area contributed by atoms with Crippen molar-refractivity contribution in [3.05, 3.63) is 35.4 Å². The van der Waals surface area contributed by atoms with Gasteiger partial charge in [-0.15, -0.1) is 0 Å². The number of fused-ring (bicyclic) bond motifs is 7. The highest BCUT2D eigenvalue weighted by Crippen LogP contribution is 2.66. The molecule has 0 heterocycles. The molecule has 5 rings (SSSR count). The molecule has 1 aromatic rings. The predicted octanol–water partition coefficient (Wildman–Crippen LogP) is 5.70. The molecule has 0 saturated heterocycles. The summed E-state index contributed by atoms with van der Waals surface area (Å²) in [4.78, 5) is 13.8. The smallest absolute Gasteiger partial charge is 0.142 e. The lowest BCUT2D eigenvalue weighted by Gasteiger charge is -2.56. The Labute approximate surface area is 152 Å². The molecular formula is C24H32O. The zero-order valence-electron chi connectivity index (χ0n) is 15.9. The van der Waals surface area contributed by atoms with Crippen LogP contribution < -0.4 is 0 Å². The molecule has 134 valence electrons. The molecular weight excluding hydrogens is 304 g/mol. The maximum absolute atomic E-state index is 13.8. The highest BCUT2D eigenvalue weighted by atomic mass is 16.1. The Kier molecular flexibility index (Phi) is 3.50. The summed E-state index contributed by atoms with van der Waals surface area (Å²) in [6.45, 7) is 4.88. The maximum atomic E-state index is 13.8. The van der Waals surface area contributed by atoms with Crippen LogP contribution in [0.15, 0.2) is 24.3 Å². The Morgan fingerprint density at radius 3 is 2.64 bits per heavy atom. The van der Waals surface area contributed by atoms with Gasteiger partial charge in [0, 0.05) is 11.3 Å². The number of carbonyl (C=O) groups is 1. The van der Waals surface area contributed by atoms with E-state index in [4.69, 9.17) is 0 Å². The normalized spacial score (nSPS) is 45.8. The van der Waals surface area contributed by atoms with Crippen LogP contribution in [0.4, 0.5) is 0 Å². The van der Waals surface area contributed by atoms with Gasteiger partial charge in [-0.1, -0.05) is 57.4 Å². The molecule has 0 N–H and O–H groups in total. The van der Waals surface area contributed by atoms with E-state index < -0.39 is 0 Å². The summed E-state index contributed by atoms with van der Waals surface area (Å²) in [5.41, 5.74) is 3.25. The third-order valence-corrected chi connectivity index (χ3v) is 9.03. The standard InChI is InChI=1S/C24H32O/c1-23-15-14-20-17-9-4-3-5-10-18(17)22(25)24(20,2)21(23)13-12-16-8-6-7-11-19(16)23/h6-8,11,17-18,20-21H,3-5,9-10,12-15H2,1-2H3/t17-,18-,20+,21-,23-,24-/m0/s1. The van der Waals surface area contributed by atoms with Crippen LogP contribution in [0.5, 0.6) is 0 Å². The number of aryl methyl sites for hydroxylation is 1. The summed E-state index contributed by atoms with van der Waals surface area (Å²) in [5.74, 6) is 2.96. The van der Waals surface area contributed by atoms with Crippen LogP contribution in [-0.4, -0.2) is 5.78 Å². The fourth-order valence-electron chi connectivity index (χ4n) is 7.94. The first-order valence-corrected chi connectivity index (χ1v) is 10.7. The van der Waals surface area contributed by atoms with Crippen molar-refractivity contribution in [2.24, 2.45) is 29.1 Å². The molecule has 3 saturated carbocycles. The molecule has 1 heteroatoms. The molecule has 4 aliphatic rings. The van der Waals surface area contributed by atoms with Crippen molar-refractivity contribution in [1.82, 2.24) is 0 Å². The number of carbonyl (C=O) groups excluding carboxylic acids is 1. The topological polar surface area (TPSA) is 17.1 Å². The van der Waals surface area contributed by atoms with Gasteiger partial charge in [0.05, 0.1) is 0 Å². The van der Waals surface area contributed by atoms with Gasteiger partial charge in [0.15, 0.2) is 0 Å². The number of rotatable bonds is 0. The van der Waals surface area contributed by atoms with E-state index in [1.54, 1.807) is 11.1 Å². The van der Waals surface area contributed by atoms with E-state index in [2.05, 4.69) is 38.1 Å². The Morgan fingerprint density at radius 2 is 1.76 bits per heavy atom. The molecule has 1 nitrogen and oxygen atoms in total. The number of ketones is 1. The van der Waals surface area contributed by atoms with Gasteiger partial charge in [0.25, 0.3) is 0 Å². The van der Waals surface area contributed by atoms with Crippen LogP contribution >= 0.6 is 0 Å². The van der Waals surface area contributed by atoms with Gasteiger partial charge in [0.2, 0.25) is 0 Å². The third-order valence-electron chi connectivity index (χ3n) is 9.03. The van der Waals surface area contributed by atoms with Crippen LogP contribution in [0.1, 0.15) is 76.3 Å². The molecule has 0 aromatic heterocycles. The van der Waals surface area contributed by atoms with E-state index in [1.165, 1.54) is 57.8 Å². The molecule has 0 amide bonds. The van der Waals surface area contributed by atoms with Crippen molar-refractivity contribution in [1.29, 1.82) is 0 Å². The van der Waals surface area contributed by atoms with Crippen molar-refractivity contribution < 1.29 is 4.79 Å². The average molecular weight is 337 g/mol. The van der Waals surface area contributed by atoms with Crippen LogP contribution in [0.25, 0.3) is 0 Å². The SMILES string of the molecule is C[C@]12C(=O)[C@H]3CCCCC[C@@H]3[C@H]1CC[C@@]1(C)c3ccccc3CC[C@H]21. The molecule has 6 atom stereocenters. The van der Waals surface area contributed by atoms with Gasteiger partial charge in [-0.25, -0.2) is 0 Å². The largest absolute Gasteiger partial charge is 0.299 e. The zero-order chi connectivity index (χ0) is 17.2. The minimum Gasteiger partial charge on any atom is -0.299 e. The first-order valence-electron chi connectivity index (χ1n) is 10.7. The minimum atomic E-state index is -0.0623. The fourth-order valence-corrected chi connectivity index (χ4v) is 7.94. The van der Waals surface area contributed by atoms with E-state index in [9.17, 15) is 4.79 Å². The summed E-state index contributed by atoms with van der Waals surface area (Å²) in [6, 6.07) is 9.09. The summed E-state index contributed by atoms with van der Waals surface area (Å²) >= 11 is 0. The van der Waals surface area contributed by atoms with Crippen LogP contribution in [0.3, 0.4) is 0 Å². The molecule has 25 heavy (non-hydrogen) atoms. The van der Waals surface area contributed by atoms with E-state index in [0.29, 0.717) is 29.5 Å². The van der Waals surface area contributed by atoms with Gasteiger partial charge in [-0.2, -0.15) is 0 Å². The average Bonchev–Trinajstić information content (AvgIpc) is 2.78. The predicted molar refractivity (Wildman–Crippen MR) is 102 cm³/mol. The second kappa shape index (κ2) is 5.44. The van der Waals surface area contributed by atoms with E-state index in [1.807, 2.05) is 0 Å². The molecule has 0 aliphatic heterocycles. The second-order valence-electron chi connectivity index (χ2n) is 9.87. The maximum Gasteiger partial charge on any atom is 0.142 e. The lowest BCUT2D eigenvalue weighted by Crippen LogP contribution is -2.54. The first-order chi connectivity index (χ1) is 12.1. The summed E-state index contributed by atoms with van der Waals surface area (Å²) in [5, 5.41) is 0.